The van der Waals surface area contributed by atoms with Gasteiger partial charge in [-0.2, -0.15) is 0 Å². The molecule has 0 aromatic heterocycles. The van der Waals surface area contributed by atoms with Gasteiger partial charge in [-0.3, -0.25) is 9.79 Å². The smallest absolute Gasteiger partial charge is 0.224 e. The summed E-state index contributed by atoms with van der Waals surface area (Å²) in [7, 11) is 1.76. The molecule has 0 spiro atoms. The first kappa shape index (κ1) is 22.7. The zero-order valence-corrected chi connectivity index (χ0v) is 18.5. The van der Waals surface area contributed by atoms with E-state index in [0.29, 0.717) is 19.7 Å². The maximum Gasteiger partial charge on any atom is 0.224 e. The normalized spacial score (nSPS) is 16.8. The SMILES string of the molecule is CN=C(NCCNC(=O)Cc1ccc(F)cc1)N1CCOC(c2ccc(C)cc2C)C1. The van der Waals surface area contributed by atoms with Crippen molar-refractivity contribution in [2.45, 2.75) is 26.4 Å². The quantitative estimate of drug-likeness (QED) is 0.424. The summed E-state index contributed by atoms with van der Waals surface area (Å²) in [6.07, 6.45) is 0.235. The fraction of sp³-hybridized carbons (Fsp3) is 0.417. The first-order valence-electron chi connectivity index (χ1n) is 10.6. The Labute approximate surface area is 183 Å². The largest absolute Gasteiger partial charge is 0.370 e. The minimum absolute atomic E-state index is 0.00307. The molecule has 1 atom stereocenters. The number of carbonyl (C=O) groups is 1. The highest BCUT2D eigenvalue weighted by Crippen LogP contribution is 2.25. The van der Waals surface area contributed by atoms with E-state index in [9.17, 15) is 9.18 Å². The first-order valence-corrected chi connectivity index (χ1v) is 10.6. The fourth-order valence-corrected chi connectivity index (χ4v) is 3.78. The molecule has 1 saturated heterocycles. The van der Waals surface area contributed by atoms with Crippen molar-refractivity contribution in [2.24, 2.45) is 4.99 Å². The summed E-state index contributed by atoms with van der Waals surface area (Å²) in [5.41, 5.74) is 4.47. The molecule has 2 aromatic carbocycles. The van der Waals surface area contributed by atoms with Gasteiger partial charge in [0, 0.05) is 26.7 Å². The number of halogens is 1. The molecule has 0 saturated carbocycles. The molecule has 2 N–H and O–H groups in total. The van der Waals surface area contributed by atoms with Crippen LogP contribution in [0.3, 0.4) is 0 Å². The van der Waals surface area contributed by atoms with E-state index in [1.807, 2.05) is 0 Å². The number of amides is 1. The summed E-state index contributed by atoms with van der Waals surface area (Å²) in [5.74, 6) is 0.401. The Morgan fingerprint density at radius 2 is 1.90 bits per heavy atom. The number of aryl methyl sites for hydroxylation is 2. The van der Waals surface area contributed by atoms with Gasteiger partial charge < -0.3 is 20.3 Å². The van der Waals surface area contributed by atoms with Crippen molar-refractivity contribution in [3.05, 3.63) is 70.5 Å². The Morgan fingerprint density at radius 3 is 2.61 bits per heavy atom. The highest BCUT2D eigenvalue weighted by Gasteiger charge is 2.25. The standard InChI is InChI=1S/C24H31FN4O2/c1-17-4-9-21(18(2)14-17)22-16-29(12-13-31-22)24(26-3)28-11-10-27-23(30)15-19-5-7-20(25)8-6-19/h4-9,14,22H,10-13,15-16H2,1-3H3,(H,26,28)(H,27,30). The highest BCUT2D eigenvalue weighted by atomic mass is 19.1. The van der Waals surface area contributed by atoms with Gasteiger partial charge in [0.05, 0.1) is 19.6 Å². The third-order valence-electron chi connectivity index (χ3n) is 5.36. The number of guanidine groups is 1. The second kappa shape index (κ2) is 10.9. The number of nitrogens with zero attached hydrogens (tertiary/aromatic N) is 2. The van der Waals surface area contributed by atoms with Crippen LogP contribution in [0.4, 0.5) is 4.39 Å². The number of nitrogens with one attached hydrogen (secondary N) is 2. The molecule has 1 aliphatic heterocycles. The average Bonchev–Trinajstić information content (AvgIpc) is 2.75. The summed E-state index contributed by atoms with van der Waals surface area (Å²) < 4.78 is 19.0. The second-order valence-corrected chi connectivity index (χ2v) is 7.79. The maximum absolute atomic E-state index is 13.0. The third kappa shape index (κ3) is 6.52. The van der Waals surface area contributed by atoms with E-state index in [1.54, 1.807) is 19.2 Å². The number of morpholine rings is 1. The van der Waals surface area contributed by atoms with Crippen LogP contribution in [0, 0.1) is 19.7 Å². The minimum Gasteiger partial charge on any atom is -0.370 e. The van der Waals surface area contributed by atoms with Crippen molar-refractivity contribution in [2.75, 3.05) is 39.8 Å². The molecule has 1 fully saturated rings. The zero-order chi connectivity index (χ0) is 22.2. The van der Waals surface area contributed by atoms with Gasteiger partial charge in [0.15, 0.2) is 5.96 Å². The van der Waals surface area contributed by atoms with Gasteiger partial charge in [0.1, 0.15) is 11.9 Å². The first-order chi connectivity index (χ1) is 15.0. The molecule has 1 heterocycles. The third-order valence-corrected chi connectivity index (χ3v) is 5.36. The van der Waals surface area contributed by atoms with Crippen molar-refractivity contribution >= 4 is 11.9 Å². The lowest BCUT2D eigenvalue weighted by molar-refractivity contribution is -0.120. The predicted octanol–water partition coefficient (Wildman–Crippen LogP) is 2.75. The van der Waals surface area contributed by atoms with Crippen LogP contribution in [0.15, 0.2) is 47.5 Å². The van der Waals surface area contributed by atoms with Gasteiger partial charge in [0.25, 0.3) is 0 Å². The lowest BCUT2D eigenvalue weighted by Crippen LogP contribution is -2.49. The Kier molecular flexibility index (Phi) is 8.00. The van der Waals surface area contributed by atoms with Crippen LogP contribution in [-0.4, -0.2) is 56.6 Å². The van der Waals surface area contributed by atoms with Gasteiger partial charge in [-0.25, -0.2) is 4.39 Å². The summed E-state index contributed by atoms with van der Waals surface area (Å²) in [4.78, 5) is 18.7. The van der Waals surface area contributed by atoms with E-state index in [4.69, 9.17) is 4.74 Å². The van der Waals surface area contributed by atoms with Crippen molar-refractivity contribution < 1.29 is 13.9 Å². The van der Waals surface area contributed by atoms with E-state index < -0.39 is 0 Å². The monoisotopic (exact) mass is 426 g/mol. The summed E-state index contributed by atoms with van der Waals surface area (Å²) >= 11 is 0. The number of aliphatic imine (C=N–C) groups is 1. The number of carbonyl (C=O) groups excluding carboxylic acids is 1. The van der Waals surface area contributed by atoms with Gasteiger partial charge in [-0.15, -0.1) is 0 Å². The number of ether oxygens (including phenoxy) is 1. The molecule has 6 nitrogen and oxygen atoms in total. The van der Waals surface area contributed by atoms with Crippen molar-refractivity contribution in [1.29, 1.82) is 0 Å². The van der Waals surface area contributed by atoms with Crippen LogP contribution in [0.25, 0.3) is 0 Å². The highest BCUT2D eigenvalue weighted by molar-refractivity contribution is 5.80. The molecular weight excluding hydrogens is 395 g/mol. The molecule has 0 radical (unpaired) electrons. The molecule has 1 aliphatic rings. The Hall–Kier alpha value is -2.93. The minimum atomic E-state index is -0.303. The van der Waals surface area contributed by atoms with E-state index in [1.165, 1.54) is 28.8 Å². The molecule has 31 heavy (non-hydrogen) atoms. The van der Waals surface area contributed by atoms with E-state index in [0.717, 1.165) is 24.6 Å². The number of hydrogen-bond acceptors (Lipinski definition) is 3. The van der Waals surface area contributed by atoms with Gasteiger partial charge in [0.2, 0.25) is 5.91 Å². The van der Waals surface area contributed by atoms with Crippen molar-refractivity contribution in [3.8, 4) is 0 Å². The fourth-order valence-electron chi connectivity index (χ4n) is 3.78. The maximum atomic E-state index is 13.0. The Balaban J connectivity index is 1.46. The van der Waals surface area contributed by atoms with Crippen LogP contribution < -0.4 is 10.6 Å². The van der Waals surface area contributed by atoms with Crippen LogP contribution in [0.5, 0.6) is 0 Å². The zero-order valence-electron chi connectivity index (χ0n) is 18.5. The summed E-state index contributed by atoms with van der Waals surface area (Å²) in [5, 5.41) is 6.20. The van der Waals surface area contributed by atoms with Gasteiger partial charge >= 0.3 is 0 Å². The summed E-state index contributed by atoms with van der Waals surface area (Å²) in [6, 6.07) is 12.4. The molecular formula is C24H31FN4O2. The Morgan fingerprint density at radius 1 is 1.16 bits per heavy atom. The van der Waals surface area contributed by atoms with E-state index in [2.05, 4.69) is 52.6 Å². The van der Waals surface area contributed by atoms with Crippen molar-refractivity contribution in [3.63, 3.8) is 0 Å². The summed E-state index contributed by atoms with van der Waals surface area (Å²) in [6.45, 7) is 7.37. The van der Waals surface area contributed by atoms with Gasteiger partial charge in [-0.05, 0) is 42.7 Å². The van der Waals surface area contributed by atoms with Crippen LogP contribution in [0.2, 0.25) is 0 Å². The topological polar surface area (TPSA) is 66.0 Å². The molecule has 0 aliphatic carbocycles. The molecule has 2 aromatic rings. The van der Waals surface area contributed by atoms with E-state index in [-0.39, 0.29) is 24.2 Å². The molecule has 1 amide bonds. The number of hydrogen-bond donors (Lipinski definition) is 2. The number of rotatable bonds is 6. The average molecular weight is 427 g/mol. The Bertz CT molecular complexity index is 914. The van der Waals surface area contributed by atoms with Crippen LogP contribution >= 0.6 is 0 Å². The lowest BCUT2D eigenvalue weighted by Gasteiger charge is -2.35. The number of benzene rings is 2. The van der Waals surface area contributed by atoms with Crippen molar-refractivity contribution in [1.82, 2.24) is 15.5 Å². The molecule has 166 valence electrons. The molecule has 7 heteroatoms. The molecule has 1 unspecified atom stereocenters. The predicted molar refractivity (Wildman–Crippen MR) is 121 cm³/mol. The molecule has 3 rings (SSSR count). The van der Waals surface area contributed by atoms with Gasteiger partial charge in [-0.1, -0.05) is 35.9 Å². The lowest BCUT2D eigenvalue weighted by atomic mass is 10.00. The van der Waals surface area contributed by atoms with Crippen LogP contribution in [0.1, 0.15) is 28.4 Å². The second-order valence-electron chi connectivity index (χ2n) is 7.79. The molecule has 0 bridgehead atoms. The van der Waals surface area contributed by atoms with Crippen LogP contribution in [-0.2, 0) is 16.0 Å². The van der Waals surface area contributed by atoms with E-state index >= 15 is 0 Å².